The first-order chi connectivity index (χ1) is 11.5. The van der Waals surface area contributed by atoms with E-state index >= 15 is 0 Å². The minimum Gasteiger partial charge on any atom is -0.361 e. The minimum absolute atomic E-state index is 0.596. The highest BCUT2D eigenvalue weighted by molar-refractivity contribution is 7.81. The van der Waals surface area contributed by atoms with E-state index in [0.29, 0.717) is 15.6 Å². The van der Waals surface area contributed by atoms with Gasteiger partial charge in [-0.2, -0.15) is 0 Å². The Morgan fingerprint density at radius 2 is 1.88 bits per heavy atom. The van der Waals surface area contributed by atoms with Gasteiger partial charge < -0.3 is 9.84 Å². The molecule has 122 valence electrons. The maximum absolute atomic E-state index is 6.47. The zero-order valence-electron chi connectivity index (χ0n) is 13.7. The fraction of sp³-hybridized carbons (Fsp3) is 0.158. The van der Waals surface area contributed by atoms with Crippen LogP contribution in [0.4, 0.5) is 11.4 Å². The molecular weight excluding hydrogens is 340 g/mol. The van der Waals surface area contributed by atoms with Crippen LogP contribution in [-0.2, 0) is 0 Å². The van der Waals surface area contributed by atoms with Crippen LogP contribution in [0.2, 0.25) is 5.02 Å². The molecule has 1 N–H and O–H groups in total. The van der Waals surface area contributed by atoms with Gasteiger partial charge in [-0.05, 0) is 50.6 Å². The van der Waals surface area contributed by atoms with Crippen molar-refractivity contribution in [3.63, 3.8) is 0 Å². The third-order valence-electron chi connectivity index (χ3n) is 3.90. The van der Waals surface area contributed by atoms with Crippen molar-refractivity contribution in [3.8, 4) is 0 Å². The summed E-state index contributed by atoms with van der Waals surface area (Å²) in [5, 5.41) is 7.93. The van der Waals surface area contributed by atoms with Crippen LogP contribution in [-0.4, -0.2) is 10.0 Å². The summed E-state index contributed by atoms with van der Waals surface area (Å²) in [5.74, 6) is 0.704. The summed E-state index contributed by atoms with van der Waals surface area (Å²) < 4.78 is 5.20. The van der Waals surface area contributed by atoms with Crippen molar-refractivity contribution in [2.24, 2.45) is 0 Å². The predicted octanol–water partition coefficient (Wildman–Crippen LogP) is 5.76. The molecule has 0 aliphatic carbocycles. The van der Waals surface area contributed by atoms with Gasteiger partial charge in [-0.15, -0.1) is 0 Å². The molecule has 3 rings (SSSR count). The fourth-order valence-electron chi connectivity index (χ4n) is 2.59. The number of anilines is 2. The van der Waals surface area contributed by atoms with E-state index < -0.39 is 0 Å². The number of nitrogens with one attached hydrogen (secondary N) is 1. The number of thiocarbonyl (C=S) groups is 1. The Kier molecular flexibility index (Phi) is 4.69. The van der Waals surface area contributed by atoms with Crippen molar-refractivity contribution in [2.75, 3.05) is 5.32 Å². The Bertz CT molecular complexity index is 898. The number of hydrogen-bond acceptors (Lipinski definition) is 4. The lowest BCUT2D eigenvalue weighted by Crippen LogP contribution is -2.04. The number of aryl methyl sites for hydroxylation is 3. The molecule has 0 radical (unpaired) electrons. The highest BCUT2D eigenvalue weighted by Crippen LogP contribution is 2.28. The van der Waals surface area contributed by atoms with Crippen LogP contribution >= 0.6 is 23.8 Å². The van der Waals surface area contributed by atoms with E-state index in [1.54, 1.807) is 0 Å². The topological polar surface area (TPSA) is 38.1 Å². The smallest absolute Gasteiger partial charge is 0.142 e. The lowest BCUT2D eigenvalue weighted by molar-refractivity contribution is 0.393. The number of rotatable bonds is 4. The lowest BCUT2D eigenvalue weighted by atomic mass is 10.0. The molecule has 0 saturated heterocycles. The lowest BCUT2D eigenvalue weighted by Gasteiger charge is -2.12. The summed E-state index contributed by atoms with van der Waals surface area (Å²) >= 11 is 12.1. The normalized spacial score (nSPS) is 10.7. The summed E-state index contributed by atoms with van der Waals surface area (Å²) in [7, 11) is 0. The van der Waals surface area contributed by atoms with E-state index in [-0.39, 0.29) is 0 Å². The van der Waals surface area contributed by atoms with Crippen LogP contribution in [0.5, 0.6) is 0 Å². The average Bonchev–Trinajstić information content (AvgIpc) is 2.88. The van der Waals surface area contributed by atoms with Gasteiger partial charge in [0.05, 0.1) is 21.1 Å². The molecule has 0 unspecified atom stereocenters. The maximum Gasteiger partial charge on any atom is 0.142 e. The van der Waals surface area contributed by atoms with Gasteiger partial charge in [0.15, 0.2) is 0 Å². The number of hydrogen-bond donors (Lipinski definition) is 1. The standard InChI is InChI=1S/C19H17ClN2OS/c1-11-6-4-5-7-17(11)21-14-8-9-15(16(20)10-14)19(24)18-12(2)22-23-13(18)3/h4-10,21H,1-3H3. The number of benzene rings is 2. The maximum atomic E-state index is 6.47. The molecule has 2 aromatic carbocycles. The number of nitrogens with zero attached hydrogens (tertiary/aromatic N) is 1. The number of para-hydroxylation sites is 1. The van der Waals surface area contributed by atoms with Gasteiger partial charge in [0.1, 0.15) is 5.76 Å². The van der Waals surface area contributed by atoms with Crippen molar-refractivity contribution in [1.82, 2.24) is 5.16 Å². The van der Waals surface area contributed by atoms with Crippen molar-refractivity contribution < 1.29 is 4.52 Å². The van der Waals surface area contributed by atoms with Gasteiger partial charge in [-0.3, -0.25) is 0 Å². The quantitative estimate of drug-likeness (QED) is 0.476. The Hall–Kier alpha value is -2.17. The van der Waals surface area contributed by atoms with Gasteiger partial charge in [0, 0.05) is 16.9 Å². The number of aromatic nitrogens is 1. The van der Waals surface area contributed by atoms with Gasteiger partial charge >= 0.3 is 0 Å². The van der Waals surface area contributed by atoms with Crippen LogP contribution in [0.1, 0.15) is 28.1 Å². The summed E-state index contributed by atoms with van der Waals surface area (Å²) in [6.45, 7) is 5.79. The molecular formula is C19H17ClN2OS. The second-order valence-electron chi connectivity index (χ2n) is 5.66. The molecule has 0 amide bonds. The fourth-order valence-corrected chi connectivity index (χ4v) is 3.39. The molecule has 1 aromatic heterocycles. The van der Waals surface area contributed by atoms with Crippen LogP contribution in [0, 0.1) is 20.8 Å². The predicted molar refractivity (Wildman–Crippen MR) is 103 cm³/mol. The Morgan fingerprint density at radius 3 is 2.50 bits per heavy atom. The second kappa shape index (κ2) is 6.75. The third-order valence-corrected chi connectivity index (χ3v) is 4.63. The van der Waals surface area contributed by atoms with Crippen LogP contribution < -0.4 is 5.32 Å². The van der Waals surface area contributed by atoms with Crippen molar-refractivity contribution in [3.05, 3.63) is 75.6 Å². The van der Waals surface area contributed by atoms with E-state index in [2.05, 4.69) is 23.5 Å². The molecule has 0 aliphatic rings. The van der Waals surface area contributed by atoms with E-state index in [1.807, 2.05) is 50.2 Å². The zero-order valence-corrected chi connectivity index (χ0v) is 15.3. The third kappa shape index (κ3) is 3.21. The second-order valence-corrected chi connectivity index (χ2v) is 6.48. The van der Waals surface area contributed by atoms with Crippen molar-refractivity contribution in [1.29, 1.82) is 0 Å². The molecule has 3 aromatic rings. The molecule has 0 spiro atoms. The average molecular weight is 357 g/mol. The highest BCUT2D eigenvalue weighted by Gasteiger charge is 2.18. The van der Waals surface area contributed by atoms with Gasteiger partial charge in [-0.25, -0.2) is 0 Å². The Labute approximate surface area is 151 Å². The summed E-state index contributed by atoms with van der Waals surface area (Å²) in [5.41, 5.74) is 5.55. The first kappa shape index (κ1) is 16.7. The van der Waals surface area contributed by atoms with Crippen LogP contribution in [0.3, 0.4) is 0 Å². The van der Waals surface area contributed by atoms with E-state index in [1.165, 1.54) is 5.56 Å². The molecule has 0 atom stereocenters. The summed E-state index contributed by atoms with van der Waals surface area (Å²) in [6, 6.07) is 13.9. The van der Waals surface area contributed by atoms with Gasteiger partial charge in [-0.1, -0.05) is 47.2 Å². The van der Waals surface area contributed by atoms with E-state index in [9.17, 15) is 0 Å². The molecule has 0 saturated carbocycles. The molecule has 3 nitrogen and oxygen atoms in total. The van der Waals surface area contributed by atoms with Gasteiger partial charge in [0.2, 0.25) is 0 Å². The summed E-state index contributed by atoms with van der Waals surface area (Å²) in [4.78, 5) is 0.652. The molecule has 1 heterocycles. The number of halogens is 1. The molecule has 24 heavy (non-hydrogen) atoms. The Balaban J connectivity index is 1.91. The van der Waals surface area contributed by atoms with Crippen LogP contribution in [0.25, 0.3) is 0 Å². The SMILES string of the molecule is Cc1ccccc1Nc1ccc(C(=S)c2c(C)noc2C)c(Cl)c1. The first-order valence-corrected chi connectivity index (χ1v) is 8.36. The molecule has 0 bridgehead atoms. The summed E-state index contributed by atoms with van der Waals surface area (Å²) in [6.07, 6.45) is 0. The van der Waals surface area contributed by atoms with Crippen LogP contribution in [0.15, 0.2) is 47.0 Å². The van der Waals surface area contributed by atoms with E-state index in [0.717, 1.165) is 28.2 Å². The monoisotopic (exact) mass is 356 g/mol. The zero-order chi connectivity index (χ0) is 17.3. The van der Waals surface area contributed by atoms with Gasteiger partial charge in [0.25, 0.3) is 0 Å². The highest BCUT2D eigenvalue weighted by atomic mass is 35.5. The molecule has 5 heteroatoms. The molecule has 0 fully saturated rings. The first-order valence-electron chi connectivity index (χ1n) is 7.57. The molecule has 0 aliphatic heterocycles. The largest absolute Gasteiger partial charge is 0.361 e. The van der Waals surface area contributed by atoms with Crippen molar-refractivity contribution in [2.45, 2.75) is 20.8 Å². The van der Waals surface area contributed by atoms with E-state index in [4.69, 9.17) is 28.3 Å². The van der Waals surface area contributed by atoms with Crippen molar-refractivity contribution >= 4 is 40.1 Å². The Morgan fingerprint density at radius 1 is 1.12 bits per heavy atom. The minimum atomic E-state index is 0.596.